The van der Waals surface area contributed by atoms with Gasteiger partial charge in [-0.3, -0.25) is 0 Å². The van der Waals surface area contributed by atoms with Gasteiger partial charge in [0.05, 0.1) is 16.8 Å². The van der Waals surface area contributed by atoms with E-state index in [4.69, 9.17) is 5.11 Å². The van der Waals surface area contributed by atoms with E-state index in [-0.39, 0.29) is 11.1 Å². The fourth-order valence-corrected chi connectivity index (χ4v) is 2.42. The number of anilines is 1. The average molecular weight is 249 g/mol. The summed E-state index contributed by atoms with van der Waals surface area (Å²) < 4.78 is 0. The number of benzene rings is 1. The molecule has 0 saturated carbocycles. The van der Waals surface area contributed by atoms with Crippen LogP contribution in [0.15, 0.2) is 12.1 Å². The third kappa shape index (κ3) is 2.03. The van der Waals surface area contributed by atoms with Gasteiger partial charge in [0, 0.05) is 13.1 Å². The molecule has 1 aliphatic heterocycles. The molecule has 2 N–H and O–H groups in total. The fourth-order valence-electron chi connectivity index (χ4n) is 2.42. The van der Waals surface area contributed by atoms with E-state index in [1.165, 1.54) is 6.07 Å². The second kappa shape index (κ2) is 4.68. The molecule has 0 spiro atoms. The van der Waals surface area contributed by atoms with Gasteiger partial charge in [-0.05, 0) is 37.5 Å². The summed E-state index contributed by atoms with van der Waals surface area (Å²) in [4.78, 5) is 24.4. The van der Waals surface area contributed by atoms with Gasteiger partial charge in [-0.25, -0.2) is 9.59 Å². The summed E-state index contributed by atoms with van der Waals surface area (Å²) in [5.74, 6) is -2.17. The largest absolute Gasteiger partial charge is 0.478 e. The van der Waals surface area contributed by atoms with E-state index < -0.39 is 11.9 Å². The first-order valence-electron chi connectivity index (χ1n) is 5.87. The number of carboxylic acids is 2. The predicted octanol–water partition coefficient (Wildman–Crippen LogP) is 1.99. The minimum Gasteiger partial charge on any atom is -0.478 e. The number of nitrogens with zero attached hydrogens (tertiary/aromatic N) is 1. The summed E-state index contributed by atoms with van der Waals surface area (Å²) in [6.07, 6.45) is 2.08. The number of hydrogen-bond acceptors (Lipinski definition) is 3. The third-order valence-corrected chi connectivity index (χ3v) is 3.33. The Labute approximate surface area is 105 Å². The van der Waals surface area contributed by atoms with Gasteiger partial charge in [0.2, 0.25) is 0 Å². The predicted molar refractivity (Wildman–Crippen MR) is 66.5 cm³/mol. The van der Waals surface area contributed by atoms with Crippen LogP contribution in [-0.2, 0) is 0 Å². The highest BCUT2D eigenvalue weighted by Crippen LogP contribution is 2.29. The Hall–Kier alpha value is -2.04. The van der Waals surface area contributed by atoms with Gasteiger partial charge >= 0.3 is 11.9 Å². The topological polar surface area (TPSA) is 77.8 Å². The van der Waals surface area contributed by atoms with Crippen LogP contribution >= 0.6 is 0 Å². The molecule has 5 nitrogen and oxygen atoms in total. The van der Waals surface area contributed by atoms with Gasteiger partial charge in [0.25, 0.3) is 0 Å². The monoisotopic (exact) mass is 249 g/mol. The molecule has 1 heterocycles. The van der Waals surface area contributed by atoms with Crippen molar-refractivity contribution in [3.8, 4) is 0 Å². The van der Waals surface area contributed by atoms with Crippen molar-refractivity contribution in [2.45, 2.75) is 19.8 Å². The van der Waals surface area contributed by atoms with Crippen molar-refractivity contribution in [3.63, 3.8) is 0 Å². The van der Waals surface area contributed by atoms with Crippen molar-refractivity contribution in [2.75, 3.05) is 18.0 Å². The maximum atomic E-state index is 11.4. The maximum Gasteiger partial charge on any atom is 0.338 e. The van der Waals surface area contributed by atoms with Crippen molar-refractivity contribution in [1.29, 1.82) is 0 Å². The molecule has 0 bridgehead atoms. The quantitative estimate of drug-likeness (QED) is 0.856. The standard InChI is InChI=1S/C13H15NO4/c1-8-9(12(15)16)4-5-10(11(8)13(17)18)14-6-2-3-7-14/h4-5H,2-3,6-7H2,1H3,(H,15,16)(H,17,18). The summed E-state index contributed by atoms with van der Waals surface area (Å²) >= 11 is 0. The second-order valence-corrected chi connectivity index (χ2v) is 4.44. The molecule has 0 amide bonds. The highest BCUT2D eigenvalue weighted by Gasteiger charge is 2.24. The van der Waals surface area contributed by atoms with Crippen LogP contribution in [0.2, 0.25) is 0 Å². The number of hydrogen-bond donors (Lipinski definition) is 2. The average Bonchev–Trinajstić information content (AvgIpc) is 2.80. The highest BCUT2D eigenvalue weighted by atomic mass is 16.4. The zero-order valence-corrected chi connectivity index (χ0v) is 10.1. The van der Waals surface area contributed by atoms with E-state index in [1.807, 2.05) is 4.90 Å². The number of carbonyl (C=O) groups is 2. The van der Waals surface area contributed by atoms with Crippen LogP contribution in [0, 0.1) is 6.92 Å². The Morgan fingerprint density at radius 2 is 1.72 bits per heavy atom. The van der Waals surface area contributed by atoms with Crippen molar-refractivity contribution >= 4 is 17.6 Å². The molecule has 0 atom stereocenters. The van der Waals surface area contributed by atoms with Crippen molar-refractivity contribution in [1.82, 2.24) is 0 Å². The van der Waals surface area contributed by atoms with Crippen LogP contribution in [0.1, 0.15) is 39.1 Å². The van der Waals surface area contributed by atoms with Crippen LogP contribution in [0.4, 0.5) is 5.69 Å². The van der Waals surface area contributed by atoms with Gasteiger partial charge in [-0.2, -0.15) is 0 Å². The minimum absolute atomic E-state index is 0.0512. The Morgan fingerprint density at radius 3 is 2.22 bits per heavy atom. The molecule has 0 aliphatic carbocycles. The molecule has 1 saturated heterocycles. The lowest BCUT2D eigenvalue weighted by molar-refractivity contribution is 0.0696. The summed E-state index contributed by atoms with van der Waals surface area (Å²) in [5, 5.41) is 18.3. The van der Waals surface area contributed by atoms with Crippen LogP contribution < -0.4 is 4.90 Å². The molecule has 1 fully saturated rings. The maximum absolute atomic E-state index is 11.4. The van der Waals surface area contributed by atoms with Crippen LogP contribution in [0.3, 0.4) is 0 Å². The molecule has 1 aliphatic rings. The first kappa shape index (κ1) is 12.4. The van der Waals surface area contributed by atoms with Gasteiger partial charge in [-0.15, -0.1) is 0 Å². The molecule has 0 radical (unpaired) electrons. The lowest BCUT2D eigenvalue weighted by Crippen LogP contribution is -2.22. The van der Waals surface area contributed by atoms with Crippen molar-refractivity contribution < 1.29 is 19.8 Å². The SMILES string of the molecule is Cc1c(C(=O)O)ccc(N2CCCC2)c1C(=O)O. The first-order valence-corrected chi connectivity index (χ1v) is 5.87. The number of aromatic carboxylic acids is 2. The fraction of sp³-hybridized carbons (Fsp3) is 0.385. The van der Waals surface area contributed by atoms with E-state index in [2.05, 4.69) is 0 Å². The van der Waals surface area contributed by atoms with Gasteiger partial charge < -0.3 is 15.1 Å². The molecular weight excluding hydrogens is 234 g/mol. The van der Waals surface area contributed by atoms with Gasteiger partial charge in [-0.1, -0.05) is 0 Å². The minimum atomic E-state index is -1.09. The summed E-state index contributed by atoms with van der Waals surface area (Å²) in [7, 11) is 0. The van der Waals surface area contributed by atoms with E-state index in [9.17, 15) is 14.7 Å². The summed E-state index contributed by atoms with van der Waals surface area (Å²) in [6.45, 7) is 3.20. The summed E-state index contributed by atoms with van der Waals surface area (Å²) in [6, 6.07) is 3.09. The van der Waals surface area contributed by atoms with Crippen molar-refractivity contribution in [2.24, 2.45) is 0 Å². The van der Waals surface area contributed by atoms with Gasteiger partial charge in [0.1, 0.15) is 0 Å². The Morgan fingerprint density at radius 1 is 1.11 bits per heavy atom. The molecule has 2 rings (SSSR count). The molecule has 1 aromatic carbocycles. The lowest BCUT2D eigenvalue weighted by atomic mass is 9.99. The zero-order chi connectivity index (χ0) is 13.3. The van der Waals surface area contributed by atoms with E-state index in [0.717, 1.165) is 25.9 Å². The number of rotatable bonds is 3. The zero-order valence-electron chi connectivity index (χ0n) is 10.1. The molecular formula is C13H15NO4. The Kier molecular flexibility index (Phi) is 3.23. The molecule has 0 unspecified atom stereocenters. The van der Waals surface area contributed by atoms with Crippen LogP contribution in [0.5, 0.6) is 0 Å². The van der Waals surface area contributed by atoms with E-state index in [1.54, 1.807) is 13.0 Å². The van der Waals surface area contributed by atoms with Crippen LogP contribution in [-0.4, -0.2) is 35.2 Å². The Bertz CT molecular complexity index is 504. The highest BCUT2D eigenvalue weighted by molar-refractivity contribution is 6.01. The second-order valence-electron chi connectivity index (χ2n) is 4.44. The molecule has 18 heavy (non-hydrogen) atoms. The Balaban J connectivity index is 2.56. The number of carboxylic acid groups (broad SMARTS) is 2. The molecule has 96 valence electrons. The van der Waals surface area contributed by atoms with E-state index in [0.29, 0.717) is 11.3 Å². The normalized spacial score (nSPS) is 14.8. The first-order chi connectivity index (χ1) is 8.52. The van der Waals surface area contributed by atoms with E-state index >= 15 is 0 Å². The van der Waals surface area contributed by atoms with Crippen molar-refractivity contribution in [3.05, 3.63) is 28.8 Å². The van der Waals surface area contributed by atoms with Crippen LogP contribution in [0.25, 0.3) is 0 Å². The summed E-state index contributed by atoms with van der Waals surface area (Å²) in [5.41, 5.74) is 1.11. The van der Waals surface area contributed by atoms with Gasteiger partial charge in [0.15, 0.2) is 0 Å². The smallest absolute Gasteiger partial charge is 0.338 e. The third-order valence-electron chi connectivity index (χ3n) is 3.33. The lowest BCUT2D eigenvalue weighted by Gasteiger charge is -2.21. The molecule has 1 aromatic rings. The molecule has 0 aromatic heterocycles. The molecule has 5 heteroatoms.